The molecule has 1 aromatic heterocycles. The van der Waals surface area contributed by atoms with Crippen LogP contribution in [-0.4, -0.2) is 23.6 Å². The van der Waals surface area contributed by atoms with Gasteiger partial charge in [0.05, 0.1) is 12.2 Å². The number of ether oxygens (including phenoxy) is 1. The molecular weight excluding hydrogens is 344 g/mol. The molecule has 0 atom stereocenters. The van der Waals surface area contributed by atoms with Crippen LogP contribution in [0.1, 0.15) is 22.2 Å². The van der Waals surface area contributed by atoms with Crippen LogP contribution in [0.4, 0.5) is 5.69 Å². The van der Waals surface area contributed by atoms with E-state index in [-0.39, 0.29) is 17.0 Å². The summed E-state index contributed by atoms with van der Waals surface area (Å²) in [5.41, 5.74) is 1.12. The summed E-state index contributed by atoms with van der Waals surface area (Å²) in [6.45, 7) is 2.08. The third kappa shape index (κ3) is 5.60. The molecular formula is C17H16N2O3S2. The molecule has 1 aromatic carbocycles. The second kappa shape index (κ2) is 8.95. The maximum atomic E-state index is 11.8. The van der Waals surface area contributed by atoms with Crippen LogP contribution >= 0.6 is 23.6 Å². The van der Waals surface area contributed by atoms with Crippen molar-refractivity contribution in [1.82, 2.24) is 5.32 Å². The number of thiocarbonyl (C=S) groups is 1. The van der Waals surface area contributed by atoms with Crippen LogP contribution in [-0.2, 0) is 9.53 Å². The van der Waals surface area contributed by atoms with Gasteiger partial charge in [0, 0.05) is 16.6 Å². The van der Waals surface area contributed by atoms with Crippen molar-refractivity contribution in [3.8, 4) is 0 Å². The summed E-state index contributed by atoms with van der Waals surface area (Å²) in [6.07, 6.45) is 3.14. The van der Waals surface area contributed by atoms with E-state index >= 15 is 0 Å². The predicted octanol–water partition coefficient (Wildman–Crippen LogP) is 3.45. The second-order valence-corrected chi connectivity index (χ2v) is 5.98. The molecule has 0 aliphatic rings. The van der Waals surface area contributed by atoms with Crippen molar-refractivity contribution in [2.75, 3.05) is 11.9 Å². The highest BCUT2D eigenvalue weighted by atomic mass is 32.1. The van der Waals surface area contributed by atoms with Crippen molar-refractivity contribution in [1.29, 1.82) is 0 Å². The van der Waals surface area contributed by atoms with Gasteiger partial charge in [-0.15, -0.1) is 11.3 Å². The topological polar surface area (TPSA) is 67.4 Å². The van der Waals surface area contributed by atoms with Gasteiger partial charge < -0.3 is 10.1 Å². The molecule has 0 radical (unpaired) electrons. The number of anilines is 1. The first-order valence-corrected chi connectivity index (χ1v) is 8.48. The molecule has 2 rings (SSSR count). The quantitative estimate of drug-likeness (QED) is 0.486. The fourth-order valence-electron chi connectivity index (χ4n) is 1.76. The third-order valence-corrected chi connectivity index (χ3v) is 3.87. The first-order chi connectivity index (χ1) is 11.6. The molecule has 5 nitrogen and oxygen atoms in total. The highest BCUT2D eigenvalue weighted by Gasteiger charge is 2.06. The summed E-state index contributed by atoms with van der Waals surface area (Å²) in [7, 11) is 0. The van der Waals surface area contributed by atoms with Crippen molar-refractivity contribution >= 4 is 52.3 Å². The molecule has 0 bridgehead atoms. The fourth-order valence-corrected chi connectivity index (χ4v) is 2.60. The van der Waals surface area contributed by atoms with Crippen molar-refractivity contribution in [3.63, 3.8) is 0 Å². The molecule has 1 heterocycles. The number of carbonyl (C=O) groups is 2. The maximum Gasteiger partial charge on any atom is 0.338 e. The van der Waals surface area contributed by atoms with Crippen molar-refractivity contribution < 1.29 is 14.3 Å². The molecule has 0 aliphatic carbocycles. The van der Waals surface area contributed by atoms with E-state index in [0.717, 1.165) is 4.88 Å². The van der Waals surface area contributed by atoms with E-state index in [1.165, 1.54) is 6.08 Å². The average molecular weight is 360 g/mol. The minimum absolute atomic E-state index is 0.180. The van der Waals surface area contributed by atoms with Gasteiger partial charge in [-0.1, -0.05) is 6.07 Å². The van der Waals surface area contributed by atoms with Crippen LogP contribution in [0.2, 0.25) is 0 Å². The van der Waals surface area contributed by atoms with E-state index in [1.807, 2.05) is 17.5 Å². The summed E-state index contributed by atoms with van der Waals surface area (Å²) >= 11 is 6.63. The minimum atomic E-state index is -0.376. The highest BCUT2D eigenvalue weighted by molar-refractivity contribution is 7.80. The van der Waals surface area contributed by atoms with Gasteiger partial charge in [0.2, 0.25) is 5.91 Å². The van der Waals surface area contributed by atoms with Gasteiger partial charge >= 0.3 is 5.97 Å². The monoisotopic (exact) mass is 360 g/mol. The Hall–Kier alpha value is -2.51. The standard InChI is InChI=1S/C17H16N2O3S2/c1-2-22-16(21)12-5-7-13(8-6-12)18-17(23)19-15(20)10-9-14-4-3-11-24-14/h3-11H,2H2,1H3,(H2,18,19,20,23). The van der Waals surface area contributed by atoms with Gasteiger partial charge in [0.1, 0.15) is 0 Å². The smallest absolute Gasteiger partial charge is 0.338 e. The number of amides is 1. The fraction of sp³-hybridized carbons (Fsp3) is 0.118. The largest absolute Gasteiger partial charge is 0.462 e. The lowest BCUT2D eigenvalue weighted by atomic mass is 10.2. The molecule has 0 unspecified atom stereocenters. The van der Waals surface area contributed by atoms with Crippen LogP contribution in [0.5, 0.6) is 0 Å². The summed E-state index contributed by atoms with van der Waals surface area (Å²) in [5.74, 6) is -0.692. The molecule has 24 heavy (non-hydrogen) atoms. The highest BCUT2D eigenvalue weighted by Crippen LogP contribution is 2.11. The molecule has 0 aliphatic heterocycles. The minimum Gasteiger partial charge on any atom is -0.462 e. The Labute approximate surface area is 149 Å². The van der Waals surface area contributed by atoms with Crippen molar-refractivity contribution in [2.45, 2.75) is 6.92 Å². The average Bonchev–Trinajstić information content (AvgIpc) is 3.07. The Bertz CT molecular complexity index is 738. The first kappa shape index (κ1) is 17.8. The third-order valence-electron chi connectivity index (χ3n) is 2.83. The number of benzene rings is 1. The Morgan fingerprint density at radius 1 is 1.25 bits per heavy atom. The summed E-state index contributed by atoms with van der Waals surface area (Å²) in [6, 6.07) is 10.5. The second-order valence-electron chi connectivity index (χ2n) is 4.59. The molecule has 0 fully saturated rings. The van der Waals surface area contributed by atoms with Crippen LogP contribution in [0.3, 0.4) is 0 Å². The normalized spacial score (nSPS) is 10.4. The molecule has 124 valence electrons. The van der Waals surface area contributed by atoms with Gasteiger partial charge in [-0.05, 0) is 60.9 Å². The molecule has 0 saturated heterocycles. The van der Waals surface area contributed by atoms with Crippen molar-refractivity contribution in [3.05, 3.63) is 58.3 Å². The zero-order valence-corrected chi connectivity index (χ0v) is 14.6. The molecule has 1 amide bonds. The van der Waals surface area contributed by atoms with Gasteiger partial charge in [0.15, 0.2) is 5.11 Å². The summed E-state index contributed by atoms with van der Waals surface area (Å²) < 4.78 is 4.91. The SMILES string of the molecule is CCOC(=O)c1ccc(NC(=S)NC(=O)C=Cc2cccs2)cc1. The van der Waals surface area contributed by atoms with Crippen LogP contribution < -0.4 is 10.6 Å². The van der Waals surface area contributed by atoms with Gasteiger partial charge in [0.25, 0.3) is 0 Å². The van der Waals surface area contributed by atoms with Crippen LogP contribution in [0.25, 0.3) is 6.08 Å². The van der Waals surface area contributed by atoms with Gasteiger partial charge in [-0.25, -0.2) is 4.79 Å². The number of nitrogens with one attached hydrogen (secondary N) is 2. The molecule has 7 heteroatoms. The van der Waals surface area contributed by atoms with E-state index in [4.69, 9.17) is 17.0 Å². The Morgan fingerprint density at radius 3 is 2.62 bits per heavy atom. The van der Waals surface area contributed by atoms with E-state index in [0.29, 0.717) is 17.9 Å². The summed E-state index contributed by atoms with van der Waals surface area (Å²) in [5, 5.41) is 7.55. The van der Waals surface area contributed by atoms with E-state index < -0.39 is 0 Å². The Balaban J connectivity index is 1.85. The predicted molar refractivity (Wildman–Crippen MR) is 100 cm³/mol. The van der Waals surface area contributed by atoms with E-state index in [2.05, 4.69) is 10.6 Å². The number of hydrogen-bond donors (Lipinski definition) is 2. The zero-order chi connectivity index (χ0) is 17.4. The lowest BCUT2D eigenvalue weighted by Gasteiger charge is -2.08. The van der Waals surface area contributed by atoms with Crippen LogP contribution in [0, 0.1) is 0 Å². The van der Waals surface area contributed by atoms with Gasteiger partial charge in [-0.2, -0.15) is 0 Å². The van der Waals surface area contributed by atoms with E-state index in [1.54, 1.807) is 48.6 Å². The zero-order valence-electron chi connectivity index (χ0n) is 12.9. The van der Waals surface area contributed by atoms with E-state index in [9.17, 15) is 9.59 Å². The Morgan fingerprint density at radius 2 is 2.00 bits per heavy atom. The number of thiophene rings is 1. The van der Waals surface area contributed by atoms with Crippen molar-refractivity contribution in [2.24, 2.45) is 0 Å². The number of rotatable bonds is 5. The number of hydrogen-bond acceptors (Lipinski definition) is 5. The number of carbonyl (C=O) groups excluding carboxylic acids is 2. The molecule has 0 saturated carbocycles. The van der Waals surface area contributed by atoms with Crippen LogP contribution in [0.15, 0.2) is 47.9 Å². The van der Waals surface area contributed by atoms with Gasteiger partial charge in [-0.3, -0.25) is 10.1 Å². The molecule has 2 aromatic rings. The number of esters is 1. The lowest BCUT2D eigenvalue weighted by molar-refractivity contribution is -0.115. The molecule has 2 N–H and O–H groups in total. The maximum absolute atomic E-state index is 11.8. The lowest BCUT2D eigenvalue weighted by Crippen LogP contribution is -2.32. The summed E-state index contributed by atoms with van der Waals surface area (Å²) in [4.78, 5) is 24.3. The Kier molecular flexibility index (Phi) is 6.65. The molecule has 0 spiro atoms. The first-order valence-electron chi connectivity index (χ1n) is 7.19.